The van der Waals surface area contributed by atoms with Gasteiger partial charge in [0.15, 0.2) is 0 Å². The van der Waals surface area contributed by atoms with Crippen molar-refractivity contribution in [3.8, 4) is 11.1 Å². The maximum absolute atomic E-state index is 6.42. The van der Waals surface area contributed by atoms with E-state index in [-0.39, 0.29) is 0 Å². The summed E-state index contributed by atoms with van der Waals surface area (Å²) in [4.78, 5) is 4.61. The number of nitrogens with zero attached hydrogens (tertiary/aromatic N) is 1. The van der Waals surface area contributed by atoms with E-state index in [1.807, 2.05) is 36.5 Å². The van der Waals surface area contributed by atoms with Crippen LogP contribution < -0.4 is 15.9 Å². The molecule has 0 radical (unpaired) electrons. The Morgan fingerprint density at radius 3 is 1.70 bits per heavy atom. The third-order valence-electron chi connectivity index (χ3n) is 5.39. The second kappa shape index (κ2) is 7.99. The molecule has 5 aromatic rings. The molecule has 1 heterocycles. The van der Waals surface area contributed by atoms with Gasteiger partial charge in [0.1, 0.15) is 0 Å². The van der Waals surface area contributed by atoms with Crippen LogP contribution in [0.15, 0.2) is 121 Å². The van der Waals surface area contributed by atoms with E-state index in [0.29, 0.717) is 0 Å². The molecule has 30 heavy (non-hydrogen) atoms. The summed E-state index contributed by atoms with van der Waals surface area (Å²) in [6.45, 7) is 0. The Kier molecular flexibility index (Phi) is 5.04. The highest BCUT2D eigenvalue weighted by molar-refractivity contribution is 8.25. The third-order valence-corrected chi connectivity index (χ3v) is 10.4. The molecule has 3 heteroatoms. The number of para-hydroxylation sites is 1. The van der Waals surface area contributed by atoms with Crippen molar-refractivity contribution in [3.63, 3.8) is 0 Å². The lowest BCUT2D eigenvalue weighted by molar-refractivity contribution is 1.41. The summed E-state index contributed by atoms with van der Waals surface area (Å²) in [5.74, 6) is 0. The second-order valence-electron chi connectivity index (χ2n) is 7.24. The number of benzene rings is 4. The summed E-state index contributed by atoms with van der Waals surface area (Å²) in [7, 11) is 0. The van der Waals surface area contributed by atoms with E-state index in [0.717, 1.165) is 22.0 Å². The molecule has 0 aliphatic heterocycles. The Morgan fingerprint density at radius 1 is 0.533 bits per heavy atom. The van der Waals surface area contributed by atoms with Crippen molar-refractivity contribution in [3.05, 3.63) is 121 Å². The summed E-state index contributed by atoms with van der Waals surface area (Å²) in [5, 5.41) is 4.78. The van der Waals surface area contributed by atoms with Gasteiger partial charge in [0.25, 0.3) is 0 Å². The van der Waals surface area contributed by atoms with E-state index in [1.165, 1.54) is 15.9 Å². The van der Waals surface area contributed by atoms with Crippen molar-refractivity contribution in [2.75, 3.05) is 0 Å². The molecule has 0 saturated heterocycles. The molecule has 144 valence electrons. The molecule has 0 bridgehead atoms. The minimum absolute atomic E-state index is 1.02. The van der Waals surface area contributed by atoms with Gasteiger partial charge in [-0.3, -0.25) is 4.98 Å². The number of fused-ring (bicyclic) bond motifs is 1. The first-order chi connectivity index (χ1) is 14.7. The highest BCUT2D eigenvalue weighted by Crippen LogP contribution is 2.43. The molecule has 0 saturated carbocycles. The first kappa shape index (κ1) is 18.9. The normalized spacial score (nSPS) is 11.5. The number of hydrogen-bond acceptors (Lipinski definition) is 2. The molecule has 0 aliphatic carbocycles. The van der Waals surface area contributed by atoms with Gasteiger partial charge in [-0.25, -0.2) is 0 Å². The SMILES string of the molecule is S=P(c1ccccc1)(c1ccccc1)c1ccc(-c2cnc3ccccc3c2)cc1. The highest BCUT2D eigenvalue weighted by atomic mass is 32.4. The summed E-state index contributed by atoms with van der Waals surface area (Å²) in [6, 6.07) is 38.1. The van der Waals surface area contributed by atoms with Crippen LogP contribution in [0.25, 0.3) is 22.0 Å². The maximum Gasteiger partial charge on any atom is 0.0702 e. The zero-order chi connectivity index (χ0) is 20.4. The van der Waals surface area contributed by atoms with Crippen molar-refractivity contribution in [1.82, 2.24) is 4.98 Å². The largest absolute Gasteiger partial charge is 0.256 e. The van der Waals surface area contributed by atoms with Crippen molar-refractivity contribution in [2.45, 2.75) is 0 Å². The first-order valence-electron chi connectivity index (χ1n) is 9.92. The van der Waals surface area contributed by atoms with Gasteiger partial charge in [-0.15, -0.1) is 0 Å². The Morgan fingerprint density at radius 2 is 1.07 bits per heavy atom. The van der Waals surface area contributed by atoms with Crippen LogP contribution in [0.1, 0.15) is 0 Å². The molecule has 0 fully saturated rings. The predicted molar refractivity (Wildman–Crippen MR) is 133 cm³/mol. The lowest BCUT2D eigenvalue weighted by atomic mass is 10.1. The lowest BCUT2D eigenvalue weighted by Crippen LogP contribution is -2.24. The minimum Gasteiger partial charge on any atom is -0.256 e. The van der Waals surface area contributed by atoms with Gasteiger partial charge in [0.2, 0.25) is 0 Å². The van der Waals surface area contributed by atoms with Gasteiger partial charge in [-0.05, 0) is 33.6 Å². The first-order valence-corrected chi connectivity index (χ1v) is 12.7. The van der Waals surface area contributed by atoms with Crippen molar-refractivity contribution < 1.29 is 0 Å². The molecular formula is C27H20NPS. The average molecular weight is 422 g/mol. The van der Waals surface area contributed by atoms with Crippen LogP contribution in [-0.2, 0) is 11.8 Å². The number of aromatic nitrogens is 1. The van der Waals surface area contributed by atoms with E-state index >= 15 is 0 Å². The standard InChI is InChI=1S/C27H20NPS/c30-29(24-10-3-1-4-11-24,25-12-5-2-6-13-25)26-17-15-21(16-18-26)23-19-22-9-7-8-14-27(22)28-20-23/h1-20H. The summed E-state index contributed by atoms with van der Waals surface area (Å²) in [5.41, 5.74) is 3.29. The number of rotatable bonds is 4. The van der Waals surface area contributed by atoms with Gasteiger partial charge in [0.05, 0.1) is 5.52 Å². The summed E-state index contributed by atoms with van der Waals surface area (Å²) >= 11 is 6.42. The topological polar surface area (TPSA) is 12.9 Å². The average Bonchev–Trinajstić information content (AvgIpc) is 2.84. The molecule has 4 aromatic carbocycles. The molecule has 0 aliphatic rings. The van der Waals surface area contributed by atoms with Gasteiger partial charge >= 0.3 is 0 Å². The molecule has 0 amide bonds. The molecule has 0 N–H and O–H groups in total. The van der Waals surface area contributed by atoms with E-state index in [9.17, 15) is 0 Å². The van der Waals surface area contributed by atoms with Crippen LogP contribution in [0, 0.1) is 0 Å². The minimum atomic E-state index is -2.11. The number of hydrogen-bond donors (Lipinski definition) is 0. The molecule has 0 unspecified atom stereocenters. The third kappa shape index (κ3) is 3.39. The Bertz CT molecular complexity index is 1300. The Labute approximate surface area is 182 Å². The molecule has 5 rings (SSSR count). The molecular weight excluding hydrogens is 401 g/mol. The zero-order valence-electron chi connectivity index (χ0n) is 16.3. The Balaban J connectivity index is 1.60. The molecule has 0 atom stereocenters. The van der Waals surface area contributed by atoms with Crippen LogP contribution in [0.2, 0.25) is 0 Å². The van der Waals surface area contributed by atoms with Crippen LogP contribution in [-0.4, -0.2) is 4.98 Å². The van der Waals surface area contributed by atoms with Crippen LogP contribution in [0.3, 0.4) is 0 Å². The summed E-state index contributed by atoms with van der Waals surface area (Å²) < 4.78 is 0. The summed E-state index contributed by atoms with van der Waals surface area (Å²) in [6.07, 6.45) is 1.95. The molecule has 0 spiro atoms. The fourth-order valence-corrected chi connectivity index (χ4v) is 7.56. The predicted octanol–water partition coefficient (Wildman–Crippen LogP) is 5.66. The zero-order valence-corrected chi connectivity index (χ0v) is 18.1. The highest BCUT2D eigenvalue weighted by Gasteiger charge is 2.24. The monoisotopic (exact) mass is 421 g/mol. The van der Waals surface area contributed by atoms with Gasteiger partial charge in [0, 0.05) is 23.2 Å². The lowest BCUT2D eigenvalue weighted by Gasteiger charge is -2.24. The van der Waals surface area contributed by atoms with Gasteiger partial charge < -0.3 is 0 Å². The van der Waals surface area contributed by atoms with Gasteiger partial charge in [-0.1, -0.05) is 115 Å². The van der Waals surface area contributed by atoms with Gasteiger partial charge in [-0.2, -0.15) is 0 Å². The fourth-order valence-electron chi connectivity index (χ4n) is 3.82. The number of pyridine rings is 1. The van der Waals surface area contributed by atoms with E-state index in [1.54, 1.807) is 0 Å². The van der Waals surface area contributed by atoms with Crippen LogP contribution in [0.5, 0.6) is 0 Å². The van der Waals surface area contributed by atoms with Crippen LogP contribution in [0.4, 0.5) is 0 Å². The van der Waals surface area contributed by atoms with Crippen LogP contribution >= 0.6 is 6.04 Å². The molecule has 1 aromatic heterocycles. The quantitative estimate of drug-likeness (QED) is 0.348. The molecule has 1 nitrogen and oxygen atoms in total. The maximum atomic E-state index is 6.42. The van der Waals surface area contributed by atoms with Crippen molar-refractivity contribution >= 4 is 44.7 Å². The van der Waals surface area contributed by atoms with Crippen molar-refractivity contribution in [2.24, 2.45) is 0 Å². The fraction of sp³-hybridized carbons (Fsp3) is 0. The van der Waals surface area contributed by atoms with E-state index in [2.05, 4.69) is 89.9 Å². The smallest absolute Gasteiger partial charge is 0.0702 e. The van der Waals surface area contributed by atoms with E-state index in [4.69, 9.17) is 11.8 Å². The van der Waals surface area contributed by atoms with E-state index < -0.39 is 6.04 Å². The Hall–Kier alpha value is -3.06. The van der Waals surface area contributed by atoms with Crippen molar-refractivity contribution in [1.29, 1.82) is 0 Å². The second-order valence-corrected chi connectivity index (χ2v) is 11.7.